The maximum Gasteiger partial charge on any atom is 0.217 e. The summed E-state index contributed by atoms with van der Waals surface area (Å²) in [5, 5.41) is 29.6. The Bertz CT molecular complexity index is 239. The molecule has 0 radical (unpaired) electrons. The van der Waals surface area contributed by atoms with Crippen LogP contribution in [0, 0.1) is 0 Å². The summed E-state index contributed by atoms with van der Waals surface area (Å²) in [4.78, 5) is 10.7. The van der Waals surface area contributed by atoms with Crippen LogP contribution in [0.5, 0.6) is 0 Å². The molecule has 1 aliphatic rings. The Kier molecular flexibility index (Phi) is 3.97. The van der Waals surface area contributed by atoms with Crippen molar-refractivity contribution in [2.45, 2.75) is 37.6 Å². The van der Waals surface area contributed by atoms with Crippen molar-refractivity contribution in [2.75, 3.05) is 6.61 Å². The molecule has 0 spiro atoms. The predicted octanol–water partition coefficient (Wildman–Crippen LogP) is -2.10. The number of aliphatic hydroxyl groups is 3. The molecule has 0 unspecified atom stereocenters. The molecule has 0 aromatic rings. The highest BCUT2D eigenvalue weighted by Crippen LogP contribution is 2.22. The molecule has 15 heavy (non-hydrogen) atoms. The summed E-state index contributed by atoms with van der Waals surface area (Å²) in [6, 6.07) is -1.22. The van der Waals surface area contributed by atoms with Crippen molar-refractivity contribution in [3.63, 3.8) is 0 Å². The van der Waals surface area contributed by atoms with Crippen molar-refractivity contribution in [2.24, 2.45) is 0 Å². The van der Waals surface area contributed by atoms with E-state index in [0.717, 1.165) is 0 Å². The molecule has 1 amide bonds. The largest absolute Gasteiger partial charge is 0.394 e. The maximum absolute atomic E-state index is 13.3. The summed E-state index contributed by atoms with van der Waals surface area (Å²) in [6.07, 6.45) is -6.27. The first kappa shape index (κ1) is 12.3. The van der Waals surface area contributed by atoms with E-state index in [2.05, 4.69) is 10.1 Å². The topological polar surface area (TPSA) is 99.0 Å². The molecular formula is C8H14FNO5. The highest BCUT2D eigenvalue weighted by molar-refractivity contribution is 5.73. The van der Waals surface area contributed by atoms with Gasteiger partial charge in [-0.15, -0.1) is 0 Å². The molecule has 1 aliphatic heterocycles. The van der Waals surface area contributed by atoms with Gasteiger partial charge in [0.2, 0.25) is 5.91 Å². The van der Waals surface area contributed by atoms with Crippen molar-refractivity contribution < 1.29 is 29.2 Å². The van der Waals surface area contributed by atoms with Gasteiger partial charge in [0.05, 0.1) is 6.61 Å². The van der Waals surface area contributed by atoms with Crippen LogP contribution in [0.3, 0.4) is 0 Å². The van der Waals surface area contributed by atoms with E-state index in [1.54, 1.807) is 0 Å². The van der Waals surface area contributed by atoms with E-state index >= 15 is 0 Å². The Morgan fingerprint density at radius 2 is 2.13 bits per heavy atom. The van der Waals surface area contributed by atoms with Crippen LogP contribution in [0.4, 0.5) is 4.39 Å². The van der Waals surface area contributed by atoms with E-state index in [1.807, 2.05) is 0 Å². The number of amides is 1. The molecule has 7 heteroatoms. The molecule has 1 fully saturated rings. The number of rotatable bonds is 2. The minimum atomic E-state index is -1.85. The lowest BCUT2D eigenvalue weighted by Gasteiger charge is -2.38. The van der Waals surface area contributed by atoms with Crippen LogP contribution in [0.1, 0.15) is 6.92 Å². The minimum absolute atomic E-state index is 0.517. The minimum Gasteiger partial charge on any atom is -0.394 e. The number of alkyl halides is 1. The fourth-order valence-corrected chi connectivity index (χ4v) is 1.46. The molecule has 0 saturated carbocycles. The average molecular weight is 223 g/mol. The molecule has 5 atom stereocenters. The van der Waals surface area contributed by atoms with Crippen molar-refractivity contribution in [3.05, 3.63) is 0 Å². The molecule has 0 aromatic heterocycles. The summed E-state index contributed by atoms with van der Waals surface area (Å²) in [6.45, 7) is 0.521. The van der Waals surface area contributed by atoms with E-state index in [4.69, 9.17) is 5.11 Å². The third-order valence-electron chi connectivity index (χ3n) is 2.22. The van der Waals surface area contributed by atoms with E-state index in [-0.39, 0.29) is 0 Å². The van der Waals surface area contributed by atoms with Crippen LogP contribution < -0.4 is 5.32 Å². The number of halogens is 1. The molecule has 1 saturated heterocycles. The van der Waals surface area contributed by atoms with Gasteiger partial charge in [0.25, 0.3) is 0 Å². The molecule has 6 nitrogen and oxygen atoms in total. The smallest absolute Gasteiger partial charge is 0.217 e. The number of nitrogens with one attached hydrogen (secondary N) is 1. The quantitative estimate of drug-likeness (QED) is 0.430. The highest BCUT2D eigenvalue weighted by Gasteiger charge is 2.45. The number of hydrogen-bond donors (Lipinski definition) is 4. The van der Waals surface area contributed by atoms with Crippen LogP contribution in [0.15, 0.2) is 0 Å². The van der Waals surface area contributed by atoms with Gasteiger partial charge in [-0.05, 0) is 0 Å². The highest BCUT2D eigenvalue weighted by atomic mass is 19.1. The van der Waals surface area contributed by atoms with Gasteiger partial charge in [0, 0.05) is 6.92 Å². The fourth-order valence-electron chi connectivity index (χ4n) is 1.46. The molecule has 1 rings (SSSR count). The Labute approximate surface area is 85.7 Å². The standard InChI is InChI=1S/C8H14FNO5/c1-3(12)10-6-7(13)5(9)4(2-11)15-8(6)14/h4-8,11,13-14H,2H2,1H3,(H,10,12)/t4-,5-,6+,7+,8+/m1/s1. The van der Waals surface area contributed by atoms with E-state index in [1.165, 1.54) is 6.92 Å². The van der Waals surface area contributed by atoms with Crippen molar-refractivity contribution in [3.8, 4) is 0 Å². The van der Waals surface area contributed by atoms with Crippen molar-refractivity contribution >= 4 is 5.91 Å². The van der Waals surface area contributed by atoms with E-state index < -0.39 is 43.2 Å². The molecule has 4 N–H and O–H groups in total. The van der Waals surface area contributed by atoms with Crippen LogP contribution in [0.2, 0.25) is 0 Å². The normalized spacial score (nSPS) is 41.3. The third kappa shape index (κ3) is 2.63. The average Bonchev–Trinajstić information content (AvgIpc) is 2.18. The first-order valence-electron chi connectivity index (χ1n) is 4.51. The lowest BCUT2D eigenvalue weighted by Crippen LogP contribution is -2.62. The Morgan fingerprint density at radius 3 is 2.60 bits per heavy atom. The summed E-state index contributed by atoms with van der Waals surface area (Å²) >= 11 is 0. The van der Waals surface area contributed by atoms with Crippen molar-refractivity contribution in [1.29, 1.82) is 0 Å². The summed E-state index contributed by atoms with van der Waals surface area (Å²) < 4.78 is 18.0. The van der Waals surface area contributed by atoms with Gasteiger partial charge in [-0.25, -0.2) is 4.39 Å². The summed E-state index contributed by atoms with van der Waals surface area (Å²) in [7, 11) is 0. The molecule has 1 heterocycles. The van der Waals surface area contributed by atoms with Gasteiger partial charge in [-0.1, -0.05) is 0 Å². The van der Waals surface area contributed by atoms with Crippen molar-refractivity contribution in [1.82, 2.24) is 5.32 Å². The van der Waals surface area contributed by atoms with Crippen LogP contribution in [0.25, 0.3) is 0 Å². The van der Waals surface area contributed by atoms with Crippen LogP contribution in [-0.4, -0.2) is 58.5 Å². The van der Waals surface area contributed by atoms with E-state index in [0.29, 0.717) is 0 Å². The number of hydrogen-bond acceptors (Lipinski definition) is 5. The molecular weight excluding hydrogens is 209 g/mol. The number of aliphatic hydroxyl groups excluding tert-OH is 3. The Hall–Kier alpha value is -0.760. The van der Waals surface area contributed by atoms with Gasteiger partial charge in [0.1, 0.15) is 18.2 Å². The molecule has 0 bridgehead atoms. The number of ether oxygens (including phenoxy) is 1. The van der Waals surface area contributed by atoms with E-state index in [9.17, 15) is 19.4 Å². The van der Waals surface area contributed by atoms with Gasteiger partial charge in [-0.2, -0.15) is 0 Å². The summed E-state index contributed by atoms with van der Waals surface area (Å²) in [5.74, 6) is -0.517. The first-order valence-corrected chi connectivity index (χ1v) is 4.51. The zero-order valence-corrected chi connectivity index (χ0v) is 8.13. The van der Waals surface area contributed by atoms with Gasteiger partial charge >= 0.3 is 0 Å². The fraction of sp³-hybridized carbons (Fsp3) is 0.875. The Balaban J connectivity index is 2.70. The maximum atomic E-state index is 13.3. The predicted molar refractivity (Wildman–Crippen MR) is 46.5 cm³/mol. The second-order valence-electron chi connectivity index (χ2n) is 3.41. The zero-order chi connectivity index (χ0) is 11.6. The lowest BCUT2D eigenvalue weighted by atomic mass is 9.98. The lowest BCUT2D eigenvalue weighted by molar-refractivity contribution is -0.240. The summed E-state index contributed by atoms with van der Waals surface area (Å²) in [5.41, 5.74) is 0. The monoisotopic (exact) mass is 223 g/mol. The SMILES string of the molecule is CC(=O)N[C@H]1[C@@H](O)[C@H](F)[C@@H](CO)O[C@@H]1O. The van der Waals surface area contributed by atoms with Gasteiger partial charge in [0.15, 0.2) is 12.5 Å². The van der Waals surface area contributed by atoms with Gasteiger partial charge in [-0.3, -0.25) is 4.79 Å². The van der Waals surface area contributed by atoms with Crippen LogP contribution in [-0.2, 0) is 9.53 Å². The number of carbonyl (C=O) groups is 1. The third-order valence-corrected chi connectivity index (χ3v) is 2.22. The molecule has 88 valence electrons. The Morgan fingerprint density at radius 1 is 1.53 bits per heavy atom. The molecule has 0 aliphatic carbocycles. The van der Waals surface area contributed by atoms with Gasteiger partial charge < -0.3 is 25.4 Å². The zero-order valence-electron chi connectivity index (χ0n) is 8.13. The van der Waals surface area contributed by atoms with Crippen LogP contribution >= 0.6 is 0 Å². The second kappa shape index (κ2) is 4.84. The molecule has 0 aromatic carbocycles. The number of carbonyl (C=O) groups excluding carboxylic acids is 1. The second-order valence-corrected chi connectivity index (χ2v) is 3.41. The first-order chi connectivity index (χ1) is 6.97.